The largest absolute Gasteiger partial charge is 0.438 e. The van der Waals surface area contributed by atoms with Crippen LogP contribution in [0, 0.1) is 0 Å². The zero-order valence-corrected chi connectivity index (χ0v) is 15.8. The SMILES string of the molecule is FC(F)(F)C(F)(I)C(F)(F)C(F)(F)CC(F)(F)C(F)(F)C(F)(F)C(F)(F)I. The second kappa shape index (κ2) is 6.95. The van der Waals surface area contributed by atoms with E-state index in [1.165, 1.54) is 0 Å². The Kier molecular flexibility index (Phi) is 7.04. The van der Waals surface area contributed by atoms with E-state index in [9.17, 15) is 70.2 Å². The van der Waals surface area contributed by atoms with Gasteiger partial charge in [0.05, 0.1) is 6.42 Å². The molecule has 0 aliphatic heterocycles. The minimum Gasteiger partial charge on any atom is -0.215 e. The third kappa shape index (κ3) is 4.29. The molecule has 27 heavy (non-hydrogen) atoms. The molecule has 0 bridgehead atoms. The van der Waals surface area contributed by atoms with Crippen molar-refractivity contribution in [1.29, 1.82) is 0 Å². The summed E-state index contributed by atoms with van der Waals surface area (Å²) in [6.07, 6.45) is -11.4. The van der Waals surface area contributed by atoms with Gasteiger partial charge in [-0.2, -0.15) is 65.9 Å². The molecular formula is C9H2F16I2. The summed E-state index contributed by atoms with van der Waals surface area (Å²) < 4.78 is 193. The molecule has 164 valence electrons. The number of hydrogen-bond donors (Lipinski definition) is 0. The highest BCUT2D eigenvalue weighted by Crippen LogP contribution is 2.61. The molecule has 0 aliphatic carbocycles. The molecule has 1 unspecified atom stereocenters. The highest BCUT2D eigenvalue weighted by Gasteiger charge is 2.85. The van der Waals surface area contributed by atoms with E-state index < -0.39 is 95.0 Å². The maximum absolute atomic E-state index is 13.2. The van der Waals surface area contributed by atoms with E-state index in [0.717, 1.165) is 0 Å². The first kappa shape index (κ1) is 27.3. The van der Waals surface area contributed by atoms with E-state index in [2.05, 4.69) is 0 Å². The van der Waals surface area contributed by atoms with Crippen LogP contribution in [0.3, 0.4) is 0 Å². The minimum atomic E-state index is -7.44. The molecule has 0 amide bonds. The molecule has 0 saturated heterocycles. The van der Waals surface area contributed by atoms with Crippen molar-refractivity contribution in [2.75, 3.05) is 0 Å². The van der Waals surface area contributed by atoms with Crippen LogP contribution in [0.2, 0.25) is 0 Å². The lowest BCUT2D eigenvalue weighted by atomic mass is 9.93. The molecule has 0 fully saturated rings. The third-order valence-corrected chi connectivity index (χ3v) is 4.83. The van der Waals surface area contributed by atoms with Crippen molar-refractivity contribution < 1.29 is 70.2 Å². The quantitative estimate of drug-likeness (QED) is 0.153. The van der Waals surface area contributed by atoms with Crippen molar-refractivity contribution in [3.8, 4) is 0 Å². The van der Waals surface area contributed by atoms with Gasteiger partial charge in [-0.15, -0.1) is 0 Å². The molecule has 1 atom stereocenters. The first-order chi connectivity index (χ1) is 11.2. The summed E-state index contributed by atoms with van der Waals surface area (Å²) in [7, 11) is 0. The van der Waals surface area contributed by atoms with E-state index in [-0.39, 0.29) is 0 Å². The monoisotopic (exact) mass is 668 g/mol. The molecule has 0 rings (SSSR count). The fraction of sp³-hybridized carbons (Fsp3) is 1.00. The van der Waals surface area contributed by atoms with E-state index in [0.29, 0.717) is 0 Å². The summed E-state index contributed by atoms with van der Waals surface area (Å²) in [6, 6.07) is 0. The standard InChI is InChI=1S/C9H2F16I2/c10-2(11,4(14,15)6(18,19)9(24,25)27)1-3(12,13)5(16,17)7(20,26)8(21,22)23/h1H2. The van der Waals surface area contributed by atoms with Crippen LogP contribution in [-0.4, -0.2) is 43.4 Å². The lowest BCUT2D eigenvalue weighted by Crippen LogP contribution is -2.65. The number of halogens is 18. The Bertz CT molecular complexity index is 493. The van der Waals surface area contributed by atoms with Crippen LogP contribution in [0.15, 0.2) is 0 Å². The normalized spacial score (nSPS) is 18.4. The third-order valence-electron chi connectivity index (χ3n) is 2.86. The van der Waals surface area contributed by atoms with Crippen LogP contribution in [-0.2, 0) is 0 Å². The predicted octanol–water partition coefficient (Wildman–Crippen LogP) is 7.24. The van der Waals surface area contributed by atoms with E-state index in [1.54, 1.807) is 0 Å². The van der Waals surface area contributed by atoms with Crippen LogP contribution in [0.4, 0.5) is 70.2 Å². The summed E-state index contributed by atoms with van der Waals surface area (Å²) in [5, 5.41) is 0. The molecule has 0 spiro atoms. The fourth-order valence-electron chi connectivity index (χ4n) is 1.32. The Labute approximate surface area is 165 Å². The van der Waals surface area contributed by atoms with Crippen LogP contribution >= 0.6 is 45.2 Å². The fourth-order valence-corrected chi connectivity index (χ4v) is 2.05. The van der Waals surface area contributed by atoms with Crippen LogP contribution < -0.4 is 0 Å². The summed E-state index contributed by atoms with van der Waals surface area (Å²) in [5.74, 6) is -35.9. The molecule has 0 heterocycles. The van der Waals surface area contributed by atoms with E-state index >= 15 is 0 Å². The zero-order chi connectivity index (χ0) is 22.7. The molecule has 0 aromatic rings. The smallest absolute Gasteiger partial charge is 0.215 e. The molecule has 0 aromatic carbocycles. The number of alkyl halides is 18. The second-order valence-electron chi connectivity index (χ2n) is 4.88. The molecule has 0 saturated carbocycles. The molecule has 18 heteroatoms. The Balaban J connectivity index is 6.19. The van der Waals surface area contributed by atoms with Gasteiger partial charge in [0.15, 0.2) is 0 Å². The number of rotatable bonds is 7. The average Bonchev–Trinajstić information content (AvgIpc) is 2.33. The predicted molar refractivity (Wildman–Crippen MR) is 72.2 cm³/mol. The van der Waals surface area contributed by atoms with Gasteiger partial charge in [-0.1, -0.05) is 0 Å². The molecule has 0 aliphatic rings. The Morgan fingerprint density at radius 2 is 0.741 bits per heavy atom. The van der Waals surface area contributed by atoms with E-state index in [4.69, 9.17) is 0 Å². The Morgan fingerprint density at radius 3 is 1.00 bits per heavy atom. The number of hydrogen-bond acceptors (Lipinski definition) is 0. The summed E-state index contributed by atoms with van der Waals surface area (Å²) in [6.45, 7) is 0. The first-order valence-electron chi connectivity index (χ1n) is 5.61. The molecule has 0 N–H and O–H groups in total. The van der Waals surface area contributed by atoms with Gasteiger partial charge in [0.1, 0.15) is 0 Å². The van der Waals surface area contributed by atoms with Crippen molar-refractivity contribution in [2.45, 2.75) is 49.8 Å². The maximum atomic E-state index is 13.2. The highest BCUT2D eigenvalue weighted by molar-refractivity contribution is 14.1. The summed E-state index contributed by atoms with van der Waals surface area (Å²) in [4.78, 5) is 0. The van der Waals surface area contributed by atoms with Crippen molar-refractivity contribution in [3.63, 3.8) is 0 Å². The van der Waals surface area contributed by atoms with Gasteiger partial charge in [0.2, 0.25) is 0 Å². The van der Waals surface area contributed by atoms with Gasteiger partial charge in [-0.25, -0.2) is 4.39 Å². The zero-order valence-electron chi connectivity index (χ0n) is 11.5. The minimum absolute atomic E-state index is 0.781. The molecular weight excluding hydrogens is 666 g/mol. The summed E-state index contributed by atoms with van der Waals surface area (Å²) >= 11 is -1.75. The van der Waals surface area contributed by atoms with Gasteiger partial charge in [-0.05, 0) is 22.6 Å². The average molecular weight is 668 g/mol. The van der Waals surface area contributed by atoms with Crippen LogP contribution in [0.25, 0.3) is 0 Å². The van der Waals surface area contributed by atoms with Gasteiger partial charge in [-0.3, -0.25) is 0 Å². The Morgan fingerprint density at radius 1 is 0.444 bits per heavy atom. The lowest BCUT2D eigenvalue weighted by molar-refractivity contribution is -0.370. The van der Waals surface area contributed by atoms with Crippen molar-refractivity contribution in [1.82, 2.24) is 0 Å². The lowest BCUT2D eigenvalue weighted by Gasteiger charge is -2.39. The second-order valence-corrected chi connectivity index (χ2v) is 7.72. The van der Waals surface area contributed by atoms with Gasteiger partial charge in [0, 0.05) is 22.6 Å². The van der Waals surface area contributed by atoms with Crippen molar-refractivity contribution in [3.05, 3.63) is 0 Å². The molecule has 0 nitrogen and oxygen atoms in total. The molecule has 0 radical (unpaired) electrons. The highest BCUT2D eigenvalue weighted by atomic mass is 127. The van der Waals surface area contributed by atoms with Gasteiger partial charge in [0.25, 0.3) is 0 Å². The van der Waals surface area contributed by atoms with Crippen LogP contribution in [0.1, 0.15) is 6.42 Å². The van der Waals surface area contributed by atoms with Gasteiger partial charge < -0.3 is 0 Å². The van der Waals surface area contributed by atoms with E-state index in [1.807, 2.05) is 0 Å². The molecule has 0 aromatic heterocycles. The first-order valence-corrected chi connectivity index (χ1v) is 7.77. The van der Waals surface area contributed by atoms with Crippen molar-refractivity contribution in [2.24, 2.45) is 0 Å². The summed E-state index contributed by atoms with van der Waals surface area (Å²) in [5.41, 5.74) is 0. The maximum Gasteiger partial charge on any atom is 0.438 e. The topological polar surface area (TPSA) is 0 Å². The Hall–Kier alpha value is 0.340. The van der Waals surface area contributed by atoms with Gasteiger partial charge >= 0.3 is 43.4 Å². The van der Waals surface area contributed by atoms with Crippen molar-refractivity contribution >= 4 is 45.2 Å². The van der Waals surface area contributed by atoms with Crippen LogP contribution in [0.5, 0.6) is 0 Å².